The minimum atomic E-state index is -0.734. The summed E-state index contributed by atoms with van der Waals surface area (Å²) < 4.78 is 4.75. The summed E-state index contributed by atoms with van der Waals surface area (Å²) in [6.45, 7) is 2.01. The van der Waals surface area contributed by atoms with Gasteiger partial charge in [0.1, 0.15) is 0 Å². The van der Waals surface area contributed by atoms with Crippen molar-refractivity contribution in [3.63, 3.8) is 0 Å². The van der Waals surface area contributed by atoms with Crippen LogP contribution in [0.4, 0.5) is 0 Å². The monoisotopic (exact) mass is 267 g/mol. The predicted octanol–water partition coefficient (Wildman–Crippen LogP) is 2.73. The summed E-state index contributed by atoms with van der Waals surface area (Å²) in [5, 5.41) is 13.8. The third kappa shape index (κ3) is 5.32. The molecule has 1 aliphatic rings. The van der Waals surface area contributed by atoms with E-state index >= 15 is 0 Å². The molecule has 0 heterocycles. The molecule has 0 radical (unpaired) electrons. The fourth-order valence-electron chi connectivity index (χ4n) is 2.40. The Hall–Kier alpha value is -1.52. The summed E-state index contributed by atoms with van der Waals surface area (Å²) in [7, 11) is 0. The van der Waals surface area contributed by atoms with Gasteiger partial charge in [-0.2, -0.15) is 0 Å². The Balaban J connectivity index is 2.64. The van der Waals surface area contributed by atoms with Gasteiger partial charge in [0, 0.05) is 11.0 Å². The number of aliphatic hydroxyl groups is 1. The molecule has 1 fully saturated rings. The van der Waals surface area contributed by atoms with E-state index in [1.807, 2.05) is 0 Å². The zero-order valence-corrected chi connectivity index (χ0v) is 11.2. The van der Waals surface area contributed by atoms with Crippen molar-refractivity contribution in [2.75, 3.05) is 6.61 Å². The molecule has 1 rings (SSSR count). The Morgan fingerprint density at radius 1 is 1.53 bits per heavy atom. The maximum Gasteiger partial charge on any atom is 0.330 e. The molecule has 0 unspecified atom stereocenters. The van der Waals surface area contributed by atoms with Crippen molar-refractivity contribution in [1.29, 1.82) is 0 Å². The number of azide groups is 1. The van der Waals surface area contributed by atoms with Crippen molar-refractivity contribution in [2.24, 2.45) is 11.0 Å². The molecule has 0 aromatic carbocycles. The normalized spacial score (nSPS) is 19.7. The lowest BCUT2D eigenvalue weighted by Crippen LogP contribution is -2.32. The molecule has 6 heteroatoms. The van der Waals surface area contributed by atoms with Crippen LogP contribution in [0, 0.1) is 5.92 Å². The van der Waals surface area contributed by atoms with E-state index < -0.39 is 18.1 Å². The Labute approximate surface area is 113 Å². The van der Waals surface area contributed by atoms with Gasteiger partial charge >= 0.3 is 5.97 Å². The second-order valence-corrected chi connectivity index (χ2v) is 4.70. The van der Waals surface area contributed by atoms with E-state index in [-0.39, 0.29) is 5.92 Å². The first-order valence-corrected chi connectivity index (χ1v) is 6.76. The number of nitrogens with zero attached hydrogens (tertiary/aromatic N) is 3. The van der Waals surface area contributed by atoms with Crippen LogP contribution in [-0.4, -0.2) is 29.8 Å². The molecule has 0 amide bonds. The van der Waals surface area contributed by atoms with Crippen molar-refractivity contribution in [3.05, 3.63) is 22.6 Å². The maximum absolute atomic E-state index is 11.2. The third-order valence-corrected chi connectivity index (χ3v) is 3.38. The summed E-state index contributed by atoms with van der Waals surface area (Å²) in [6, 6.07) is -0.711. The summed E-state index contributed by atoms with van der Waals surface area (Å²) >= 11 is 0. The van der Waals surface area contributed by atoms with Gasteiger partial charge in [0.15, 0.2) is 0 Å². The van der Waals surface area contributed by atoms with Crippen LogP contribution < -0.4 is 0 Å². The van der Waals surface area contributed by atoms with Gasteiger partial charge in [0.25, 0.3) is 0 Å². The van der Waals surface area contributed by atoms with E-state index in [4.69, 9.17) is 10.3 Å². The van der Waals surface area contributed by atoms with Crippen LogP contribution in [0.25, 0.3) is 10.4 Å². The molecule has 106 valence electrons. The van der Waals surface area contributed by atoms with Crippen LogP contribution in [0.2, 0.25) is 0 Å². The molecule has 0 spiro atoms. The molecule has 0 aromatic rings. The fourth-order valence-corrected chi connectivity index (χ4v) is 2.40. The lowest BCUT2D eigenvalue weighted by Gasteiger charge is -2.28. The van der Waals surface area contributed by atoms with Crippen molar-refractivity contribution in [1.82, 2.24) is 0 Å². The molecular weight excluding hydrogens is 246 g/mol. The number of aliphatic hydroxyl groups excluding tert-OH is 1. The van der Waals surface area contributed by atoms with Crippen molar-refractivity contribution in [3.8, 4) is 0 Å². The molecule has 2 atom stereocenters. The van der Waals surface area contributed by atoms with Gasteiger partial charge in [0.05, 0.1) is 18.8 Å². The average Bonchev–Trinajstić information content (AvgIpc) is 2.44. The van der Waals surface area contributed by atoms with Gasteiger partial charge in [-0.1, -0.05) is 30.5 Å². The zero-order chi connectivity index (χ0) is 14.1. The van der Waals surface area contributed by atoms with Crippen LogP contribution in [0.1, 0.15) is 39.0 Å². The van der Waals surface area contributed by atoms with Gasteiger partial charge in [-0.15, -0.1) is 0 Å². The first-order valence-electron chi connectivity index (χ1n) is 6.76. The summed E-state index contributed by atoms with van der Waals surface area (Å²) in [6.07, 6.45) is 7.15. The number of esters is 1. The van der Waals surface area contributed by atoms with Crippen LogP contribution in [0.3, 0.4) is 0 Å². The van der Waals surface area contributed by atoms with Crippen LogP contribution in [-0.2, 0) is 9.53 Å². The molecule has 0 saturated heterocycles. The highest BCUT2D eigenvalue weighted by Gasteiger charge is 2.26. The summed E-state index contributed by atoms with van der Waals surface area (Å²) in [5.41, 5.74) is 8.55. The summed E-state index contributed by atoms with van der Waals surface area (Å²) in [4.78, 5) is 14.0. The molecule has 6 nitrogen and oxygen atoms in total. The number of hydrogen-bond acceptors (Lipinski definition) is 4. The first kappa shape index (κ1) is 15.5. The highest BCUT2D eigenvalue weighted by molar-refractivity contribution is 5.82. The van der Waals surface area contributed by atoms with E-state index in [1.165, 1.54) is 18.6 Å². The topological polar surface area (TPSA) is 95.3 Å². The van der Waals surface area contributed by atoms with Gasteiger partial charge in [-0.05, 0) is 31.2 Å². The van der Waals surface area contributed by atoms with Crippen molar-refractivity contribution in [2.45, 2.75) is 51.2 Å². The predicted molar refractivity (Wildman–Crippen MR) is 71.3 cm³/mol. The van der Waals surface area contributed by atoms with Crippen molar-refractivity contribution < 1.29 is 14.6 Å². The van der Waals surface area contributed by atoms with Crippen LogP contribution in [0.5, 0.6) is 0 Å². The number of carbonyl (C=O) groups is 1. The highest BCUT2D eigenvalue weighted by atomic mass is 16.5. The molecule has 0 bridgehead atoms. The van der Waals surface area contributed by atoms with Crippen molar-refractivity contribution >= 4 is 5.97 Å². The summed E-state index contributed by atoms with van der Waals surface area (Å²) in [5.74, 6) is -0.354. The zero-order valence-electron chi connectivity index (χ0n) is 11.2. The van der Waals surface area contributed by atoms with E-state index in [0.717, 1.165) is 25.7 Å². The second kappa shape index (κ2) is 8.56. The maximum atomic E-state index is 11.2. The number of ether oxygens (including phenoxy) is 1. The SMILES string of the molecule is CCOC(=O)/C=C/[C@@H](N=[N+]=[N-])[C@H](O)C1CCCCC1. The third-order valence-electron chi connectivity index (χ3n) is 3.38. The van der Waals surface area contributed by atoms with Crippen LogP contribution >= 0.6 is 0 Å². The quantitative estimate of drug-likeness (QED) is 0.263. The Morgan fingerprint density at radius 3 is 2.79 bits per heavy atom. The van der Waals surface area contributed by atoms with Gasteiger partial charge in [-0.25, -0.2) is 4.79 Å². The largest absolute Gasteiger partial charge is 0.463 e. The lowest BCUT2D eigenvalue weighted by atomic mass is 9.83. The standard InChI is InChI=1S/C13H21N3O3/c1-2-19-12(17)9-8-11(15-16-14)13(18)10-6-4-3-5-7-10/h8-11,13,18H,2-7H2,1H3/b9-8+/t11-,13-/m1/s1. The first-order chi connectivity index (χ1) is 9.19. The highest BCUT2D eigenvalue weighted by Crippen LogP contribution is 2.28. The molecule has 1 saturated carbocycles. The smallest absolute Gasteiger partial charge is 0.330 e. The van der Waals surface area contributed by atoms with E-state index in [1.54, 1.807) is 6.92 Å². The van der Waals surface area contributed by atoms with Gasteiger partial charge in [0.2, 0.25) is 0 Å². The van der Waals surface area contributed by atoms with Crippen LogP contribution in [0.15, 0.2) is 17.3 Å². The Morgan fingerprint density at radius 2 is 2.21 bits per heavy atom. The Bertz CT molecular complexity index is 358. The van der Waals surface area contributed by atoms with E-state index in [2.05, 4.69) is 10.0 Å². The fraction of sp³-hybridized carbons (Fsp3) is 0.769. The van der Waals surface area contributed by atoms with Gasteiger partial charge < -0.3 is 9.84 Å². The number of rotatable bonds is 6. The van der Waals surface area contributed by atoms with Gasteiger partial charge in [-0.3, -0.25) is 0 Å². The lowest BCUT2D eigenvalue weighted by molar-refractivity contribution is -0.137. The second-order valence-electron chi connectivity index (χ2n) is 4.70. The minimum absolute atomic E-state index is 0.135. The average molecular weight is 267 g/mol. The molecule has 19 heavy (non-hydrogen) atoms. The molecule has 0 aliphatic heterocycles. The molecule has 1 aliphatic carbocycles. The minimum Gasteiger partial charge on any atom is -0.463 e. The van der Waals surface area contributed by atoms with E-state index in [9.17, 15) is 9.90 Å². The molecular formula is C13H21N3O3. The number of hydrogen-bond donors (Lipinski definition) is 1. The number of carbonyl (C=O) groups excluding carboxylic acids is 1. The molecule has 0 aromatic heterocycles. The Kier molecular flexibility index (Phi) is 7.00. The molecule has 1 N–H and O–H groups in total. The van der Waals surface area contributed by atoms with E-state index in [0.29, 0.717) is 6.61 Å².